The molecule has 0 radical (unpaired) electrons. The zero-order valence-electron chi connectivity index (χ0n) is 16.8. The second-order valence-corrected chi connectivity index (χ2v) is 8.09. The Morgan fingerprint density at radius 3 is 2.42 bits per heavy atom. The minimum absolute atomic E-state index is 0.124. The van der Waals surface area contributed by atoms with Crippen LogP contribution in [-0.4, -0.2) is 60.4 Å². The molecular formula is C22H21F4N3O2. The molecule has 5 nitrogen and oxygen atoms in total. The summed E-state index contributed by atoms with van der Waals surface area (Å²) in [6.45, 7) is 1.15. The second-order valence-electron chi connectivity index (χ2n) is 8.09. The first-order valence-corrected chi connectivity index (χ1v) is 9.83. The Labute approximate surface area is 176 Å². The van der Waals surface area contributed by atoms with Crippen molar-refractivity contribution in [1.82, 2.24) is 9.80 Å². The van der Waals surface area contributed by atoms with Gasteiger partial charge in [-0.25, -0.2) is 4.39 Å². The van der Waals surface area contributed by atoms with E-state index in [4.69, 9.17) is 0 Å². The number of nitrogens with zero attached hydrogens (tertiary/aromatic N) is 3. The van der Waals surface area contributed by atoms with Gasteiger partial charge >= 0.3 is 6.18 Å². The zero-order valence-corrected chi connectivity index (χ0v) is 16.8. The van der Waals surface area contributed by atoms with E-state index in [2.05, 4.69) is 0 Å². The van der Waals surface area contributed by atoms with Crippen molar-refractivity contribution in [3.8, 4) is 0 Å². The van der Waals surface area contributed by atoms with Crippen LogP contribution in [0, 0.1) is 5.82 Å². The Kier molecular flexibility index (Phi) is 5.25. The summed E-state index contributed by atoms with van der Waals surface area (Å²) in [5.41, 5.74) is -0.674. The highest BCUT2D eigenvalue weighted by atomic mass is 19.4. The van der Waals surface area contributed by atoms with Crippen molar-refractivity contribution in [2.24, 2.45) is 0 Å². The van der Waals surface area contributed by atoms with Crippen molar-refractivity contribution < 1.29 is 27.2 Å². The van der Waals surface area contributed by atoms with Gasteiger partial charge < -0.3 is 9.80 Å². The minimum Gasteiger partial charge on any atom is -0.337 e. The van der Waals surface area contributed by atoms with Crippen molar-refractivity contribution >= 4 is 17.5 Å². The highest BCUT2D eigenvalue weighted by Gasteiger charge is 2.48. The number of halogens is 4. The molecule has 2 saturated heterocycles. The first-order chi connectivity index (χ1) is 14.6. The van der Waals surface area contributed by atoms with Crippen molar-refractivity contribution in [3.05, 3.63) is 65.5 Å². The second kappa shape index (κ2) is 7.64. The Balaban J connectivity index is 1.53. The number of anilines is 1. The smallest absolute Gasteiger partial charge is 0.337 e. The van der Waals surface area contributed by atoms with Crippen LogP contribution in [0.5, 0.6) is 0 Å². The lowest BCUT2D eigenvalue weighted by Crippen LogP contribution is -2.64. The Hall–Kier alpha value is -2.94. The molecule has 4 rings (SSSR count). The fourth-order valence-electron chi connectivity index (χ4n) is 4.29. The van der Waals surface area contributed by atoms with Crippen LogP contribution >= 0.6 is 0 Å². The standard InChI is InChI=1S/C22H21F4N3O2/c1-27-12-19(30)29(18-4-2-3-17(23)11-18)14-21(27)9-10-28(13-21)20(31)15-5-7-16(8-6-15)22(24,25)26/h2-8,11H,9-10,12-14H2,1H3. The molecule has 2 aliphatic heterocycles. The maximum atomic E-state index is 13.7. The van der Waals surface area contributed by atoms with E-state index in [1.807, 2.05) is 11.9 Å². The third kappa shape index (κ3) is 4.01. The van der Waals surface area contributed by atoms with Crippen LogP contribution in [0.2, 0.25) is 0 Å². The van der Waals surface area contributed by atoms with Gasteiger partial charge in [0, 0.05) is 30.9 Å². The third-order valence-corrected chi connectivity index (χ3v) is 6.13. The third-order valence-electron chi connectivity index (χ3n) is 6.13. The number of alkyl halides is 3. The maximum Gasteiger partial charge on any atom is 0.416 e. The lowest BCUT2D eigenvalue weighted by atomic mass is 9.92. The lowest BCUT2D eigenvalue weighted by Gasteiger charge is -2.46. The summed E-state index contributed by atoms with van der Waals surface area (Å²) >= 11 is 0. The molecule has 0 saturated carbocycles. The van der Waals surface area contributed by atoms with E-state index < -0.39 is 23.1 Å². The van der Waals surface area contributed by atoms with Gasteiger partial charge in [-0.2, -0.15) is 13.2 Å². The van der Waals surface area contributed by atoms with E-state index in [0.717, 1.165) is 12.1 Å². The molecule has 1 unspecified atom stereocenters. The number of benzene rings is 2. The summed E-state index contributed by atoms with van der Waals surface area (Å²) in [5.74, 6) is -0.955. The van der Waals surface area contributed by atoms with Crippen molar-refractivity contribution in [2.45, 2.75) is 18.1 Å². The Morgan fingerprint density at radius 2 is 1.77 bits per heavy atom. The molecule has 2 amide bonds. The average Bonchev–Trinajstić information content (AvgIpc) is 3.15. The molecule has 1 atom stereocenters. The largest absolute Gasteiger partial charge is 0.416 e. The van der Waals surface area contributed by atoms with Gasteiger partial charge in [0.05, 0.1) is 17.6 Å². The number of likely N-dealkylation sites (tertiary alicyclic amines) is 1. The summed E-state index contributed by atoms with van der Waals surface area (Å²) in [5, 5.41) is 0. The molecule has 2 aliphatic rings. The zero-order chi connectivity index (χ0) is 22.4. The monoisotopic (exact) mass is 435 g/mol. The normalized spacial score (nSPS) is 22.4. The van der Waals surface area contributed by atoms with Crippen LogP contribution in [0.25, 0.3) is 0 Å². The number of amides is 2. The fourth-order valence-corrected chi connectivity index (χ4v) is 4.29. The van der Waals surface area contributed by atoms with Crippen LogP contribution in [-0.2, 0) is 11.0 Å². The Morgan fingerprint density at radius 1 is 1.06 bits per heavy atom. The molecule has 1 spiro atoms. The fraction of sp³-hybridized carbons (Fsp3) is 0.364. The predicted molar refractivity (Wildman–Crippen MR) is 106 cm³/mol. The minimum atomic E-state index is -4.46. The molecule has 2 aromatic carbocycles. The van der Waals surface area contributed by atoms with Crippen molar-refractivity contribution in [1.29, 1.82) is 0 Å². The van der Waals surface area contributed by atoms with Crippen LogP contribution < -0.4 is 4.90 Å². The lowest BCUT2D eigenvalue weighted by molar-refractivity contribution is -0.137. The van der Waals surface area contributed by atoms with E-state index in [0.29, 0.717) is 31.7 Å². The number of hydrogen-bond donors (Lipinski definition) is 0. The molecule has 0 aliphatic carbocycles. The predicted octanol–water partition coefficient (Wildman–Crippen LogP) is 3.41. The van der Waals surface area contributed by atoms with E-state index in [1.165, 1.54) is 35.2 Å². The van der Waals surface area contributed by atoms with E-state index in [9.17, 15) is 27.2 Å². The summed E-state index contributed by atoms with van der Waals surface area (Å²) in [6.07, 6.45) is -3.87. The number of hydrogen-bond acceptors (Lipinski definition) is 3. The summed E-state index contributed by atoms with van der Waals surface area (Å²) in [7, 11) is 1.81. The molecular weight excluding hydrogens is 414 g/mol. The number of piperazine rings is 1. The molecule has 0 aromatic heterocycles. The van der Waals surface area contributed by atoms with Crippen LogP contribution in [0.3, 0.4) is 0 Å². The van der Waals surface area contributed by atoms with Gasteiger partial charge in [-0.15, -0.1) is 0 Å². The first-order valence-electron chi connectivity index (χ1n) is 9.83. The van der Waals surface area contributed by atoms with Gasteiger partial charge in [-0.05, 0) is 55.9 Å². The molecule has 0 N–H and O–H groups in total. The number of carbonyl (C=O) groups is 2. The van der Waals surface area contributed by atoms with E-state index in [1.54, 1.807) is 11.0 Å². The van der Waals surface area contributed by atoms with E-state index in [-0.39, 0.29) is 23.9 Å². The quantitative estimate of drug-likeness (QED) is 0.680. The SMILES string of the molecule is CN1CC(=O)N(c2cccc(F)c2)CC12CCN(C(=O)c1ccc(C(F)(F)F)cc1)C2. The number of carbonyl (C=O) groups excluding carboxylic acids is 2. The van der Waals surface area contributed by atoms with Gasteiger partial charge in [0.2, 0.25) is 5.91 Å². The van der Waals surface area contributed by atoms with E-state index >= 15 is 0 Å². The molecule has 2 heterocycles. The summed E-state index contributed by atoms with van der Waals surface area (Å²) < 4.78 is 52.0. The van der Waals surface area contributed by atoms with Crippen molar-refractivity contribution in [2.75, 3.05) is 38.1 Å². The van der Waals surface area contributed by atoms with Crippen LogP contribution in [0.4, 0.5) is 23.2 Å². The molecule has 9 heteroatoms. The molecule has 31 heavy (non-hydrogen) atoms. The summed E-state index contributed by atoms with van der Waals surface area (Å²) in [6, 6.07) is 9.98. The highest BCUT2D eigenvalue weighted by molar-refractivity contribution is 5.97. The topological polar surface area (TPSA) is 43.9 Å². The maximum absolute atomic E-state index is 13.7. The molecule has 2 aromatic rings. The molecule has 0 bridgehead atoms. The highest BCUT2D eigenvalue weighted by Crippen LogP contribution is 2.34. The molecule has 2 fully saturated rings. The average molecular weight is 435 g/mol. The molecule has 164 valence electrons. The van der Waals surface area contributed by atoms with Crippen LogP contribution in [0.15, 0.2) is 48.5 Å². The van der Waals surface area contributed by atoms with Crippen LogP contribution in [0.1, 0.15) is 22.3 Å². The van der Waals surface area contributed by atoms with Gasteiger partial charge in [-0.1, -0.05) is 6.07 Å². The Bertz CT molecular complexity index is 1010. The number of rotatable bonds is 2. The van der Waals surface area contributed by atoms with Gasteiger partial charge in [0.15, 0.2) is 0 Å². The summed E-state index contributed by atoms with van der Waals surface area (Å²) in [4.78, 5) is 30.5. The van der Waals surface area contributed by atoms with Gasteiger partial charge in [0.1, 0.15) is 5.82 Å². The first kappa shape index (κ1) is 21.3. The van der Waals surface area contributed by atoms with Gasteiger partial charge in [-0.3, -0.25) is 14.5 Å². The number of likely N-dealkylation sites (N-methyl/N-ethyl adjacent to an activating group) is 1. The van der Waals surface area contributed by atoms with Crippen molar-refractivity contribution in [3.63, 3.8) is 0 Å². The van der Waals surface area contributed by atoms with Gasteiger partial charge in [0.25, 0.3) is 5.91 Å².